The molecule has 1 fully saturated rings. The lowest BCUT2D eigenvalue weighted by atomic mass is 9.93. The molecule has 3 aromatic rings. The van der Waals surface area contributed by atoms with Gasteiger partial charge in [0.1, 0.15) is 18.2 Å². The minimum absolute atomic E-state index is 0.0824. The molecular weight excluding hydrogens is 358 g/mol. The van der Waals surface area contributed by atoms with Gasteiger partial charge in [-0.2, -0.15) is 0 Å². The standard InChI is InChI=1S/C25H25N3O/c1-24(2)18-29-23(27-24)25(17-19-11-5-3-6-12-19)22(21-15-9-10-16-26-21)28(25)20-13-7-4-8-14-20/h3-16,22H,17-18H2,1-2H3/t22-,25?,28?/m1/s1. The number of hydrogen-bond donors (Lipinski definition) is 0. The Morgan fingerprint density at radius 2 is 1.62 bits per heavy atom. The second kappa shape index (κ2) is 6.73. The van der Waals surface area contributed by atoms with Gasteiger partial charge in [0.25, 0.3) is 0 Å². The largest absolute Gasteiger partial charge is 0.477 e. The number of rotatable bonds is 5. The zero-order chi connectivity index (χ0) is 19.9. The molecule has 2 aliphatic heterocycles. The summed E-state index contributed by atoms with van der Waals surface area (Å²) in [6, 6.07) is 27.3. The monoisotopic (exact) mass is 383 g/mol. The molecule has 0 amide bonds. The van der Waals surface area contributed by atoms with Gasteiger partial charge in [0, 0.05) is 18.3 Å². The molecule has 0 spiro atoms. The van der Waals surface area contributed by atoms with E-state index >= 15 is 0 Å². The van der Waals surface area contributed by atoms with E-state index in [1.54, 1.807) is 0 Å². The van der Waals surface area contributed by atoms with Crippen molar-refractivity contribution in [3.63, 3.8) is 0 Å². The van der Waals surface area contributed by atoms with Gasteiger partial charge in [-0.25, -0.2) is 4.99 Å². The van der Waals surface area contributed by atoms with Gasteiger partial charge in [0.15, 0.2) is 0 Å². The van der Waals surface area contributed by atoms with Crippen LogP contribution in [0.1, 0.15) is 31.1 Å². The van der Waals surface area contributed by atoms with Crippen LogP contribution in [0.4, 0.5) is 5.69 Å². The highest BCUT2D eigenvalue weighted by molar-refractivity contribution is 5.99. The molecule has 1 unspecified atom stereocenters. The summed E-state index contributed by atoms with van der Waals surface area (Å²) in [6.45, 7) is 4.86. The summed E-state index contributed by atoms with van der Waals surface area (Å²) in [5.41, 5.74) is 2.89. The maximum Gasteiger partial charge on any atom is 0.213 e. The Bertz CT molecular complexity index is 970. The van der Waals surface area contributed by atoms with Gasteiger partial charge in [-0.05, 0) is 43.7 Å². The number of hydrogen-bond acceptors (Lipinski definition) is 4. The topological polar surface area (TPSA) is 37.5 Å². The van der Waals surface area contributed by atoms with Crippen LogP contribution in [0.15, 0.2) is 90.1 Å². The Morgan fingerprint density at radius 3 is 2.24 bits per heavy atom. The van der Waals surface area contributed by atoms with E-state index in [-0.39, 0.29) is 17.1 Å². The lowest BCUT2D eigenvalue weighted by Gasteiger charge is -2.18. The summed E-state index contributed by atoms with van der Waals surface area (Å²) in [6.07, 6.45) is 2.68. The Hall–Kier alpha value is -3.14. The first-order chi connectivity index (χ1) is 14.1. The van der Waals surface area contributed by atoms with Crippen molar-refractivity contribution in [3.05, 3.63) is 96.3 Å². The van der Waals surface area contributed by atoms with Gasteiger partial charge in [0.05, 0.1) is 11.2 Å². The molecule has 4 heteroatoms. The molecule has 3 heterocycles. The SMILES string of the molecule is CC1(C)COC(C2(Cc3ccccc3)[C@@H](c3ccccn3)N2c2ccccc2)=N1. The zero-order valence-corrected chi connectivity index (χ0v) is 16.8. The van der Waals surface area contributed by atoms with E-state index in [4.69, 9.17) is 14.7 Å². The third-order valence-electron chi connectivity index (χ3n) is 5.73. The second-order valence-electron chi connectivity index (χ2n) is 8.47. The normalized spacial score (nSPS) is 24.7. The maximum absolute atomic E-state index is 6.25. The predicted molar refractivity (Wildman–Crippen MR) is 116 cm³/mol. The smallest absolute Gasteiger partial charge is 0.213 e. The Morgan fingerprint density at radius 1 is 0.931 bits per heavy atom. The van der Waals surface area contributed by atoms with Crippen LogP contribution in [0.5, 0.6) is 0 Å². The summed E-state index contributed by atoms with van der Waals surface area (Å²) in [5.74, 6) is 0.825. The Balaban J connectivity index is 1.67. The lowest BCUT2D eigenvalue weighted by molar-refractivity contribution is 0.268. The predicted octanol–water partition coefficient (Wildman–Crippen LogP) is 4.83. The van der Waals surface area contributed by atoms with Crippen molar-refractivity contribution in [2.75, 3.05) is 11.5 Å². The van der Waals surface area contributed by atoms with Crippen LogP contribution in [0.3, 0.4) is 0 Å². The van der Waals surface area contributed by atoms with Gasteiger partial charge in [-0.3, -0.25) is 4.98 Å². The van der Waals surface area contributed by atoms with E-state index in [2.05, 4.69) is 85.5 Å². The summed E-state index contributed by atoms with van der Waals surface area (Å²) in [4.78, 5) is 12.2. The summed E-state index contributed by atoms with van der Waals surface area (Å²) in [5, 5.41) is 0. The Kier molecular flexibility index (Phi) is 4.16. The van der Waals surface area contributed by atoms with Crippen LogP contribution in [0.25, 0.3) is 0 Å². The first-order valence-electron chi connectivity index (χ1n) is 10.1. The van der Waals surface area contributed by atoms with Crippen molar-refractivity contribution >= 4 is 11.6 Å². The quantitative estimate of drug-likeness (QED) is 0.592. The molecule has 2 aliphatic rings. The van der Waals surface area contributed by atoms with E-state index < -0.39 is 0 Å². The molecule has 2 atom stereocenters. The van der Waals surface area contributed by atoms with Crippen molar-refractivity contribution < 1.29 is 4.74 Å². The molecule has 0 aliphatic carbocycles. The fourth-order valence-electron chi connectivity index (χ4n) is 4.41. The lowest BCUT2D eigenvalue weighted by Crippen LogP contribution is -2.33. The molecular formula is C25H25N3O. The highest BCUT2D eigenvalue weighted by atomic mass is 16.5. The van der Waals surface area contributed by atoms with Crippen LogP contribution in [0, 0.1) is 0 Å². The first kappa shape index (κ1) is 17.9. The average molecular weight is 383 g/mol. The Labute approximate surface area is 171 Å². The molecule has 5 rings (SSSR count). The van der Waals surface area contributed by atoms with Crippen LogP contribution in [0.2, 0.25) is 0 Å². The summed E-state index contributed by atoms with van der Waals surface area (Å²) in [7, 11) is 0. The number of aromatic nitrogens is 1. The fraction of sp³-hybridized carbons (Fsp3) is 0.280. The molecule has 2 aromatic carbocycles. The molecule has 29 heavy (non-hydrogen) atoms. The van der Waals surface area contributed by atoms with Gasteiger partial charge < -0.3 is 9.64 Å². The van der Waals surface area contributed by atoms with Gasteiger partial charge >= 0.3 is 0 Å². The van der Waals surface area contributed by atoms with Crippen LogP contribution in [-0.2, 0) is 11.2 Å². The number of benzene rings is 2. The maximum atomic E-state index is 6.25. The average Bonchev–Trinajstić information content (AvgIpc) is 3.27. The molecule has 0 bridgehead atoms. The third-order valence-corrected chi connectivity index (χ3v) is 5.73. The molecule has 1 aromatic heterocycles. The minimum Gasteiger partial charge on any atom is -0.477 e. The van der Waals surface area contributed by atoms with Crippen molar-refractivity contribution in [2.45, 2.75) is 37.4 Å². The van der Waals surface area contributed by atoms with E-state index in [1.165, 1.54) is 5.56 Å². The minimum atomic E-state index is -0.370. The zero-order valence-electron chi connectivity index (χ0n) is 16.8. The molecule has 0 radical (unpaired) electrons. The van der Waals surface area contributed by atoms with E-state index in [0.717, 1.165) is 23.7 Å². The van der Waals surface area contributed by atoms with Crippen molar-refractivity contribution in [1.29, 1.82) is 0 Å². The fourth-order valence-corrected chi connectivity index (χ4v) is 4.41. The number of nitrogens with zero attached hydrogens (tertiary/aromatic N) is 3. The van der Waals surface area contributed by atoms with E-state index in [9.17, 15) is 0 Å². The van der Waals surface area contributed by atoms with Gasteiger partial charge in [-0.1, -0.05) is 54.6 Å². The van der Waals surface area contributed by atoms with Gasteiger partial charge in [-0.15, -0.1) is 0 Å². The van der Waals surface area contributed by atoms with Crippen LogP contribution in [-0.4, -0.2) is 28.6 Å². The summed E-state index contributed by atoms with van der Waals surface area (Å²) >= 11 is 0. The molecule has 1 saturated heterocycles. The number of ether oxygens (including phenoxy) is 1. The van der Waals surface area contributed by atoms with Crippen molar-refractivity contribution in [3.8, 4) is 0 Å². The highest BCUT2D eigenvalue weighted by Crippen LogP contribution is 2.58. The summed E-state index contributed by atoms with van der Waals surface area (Å²) < 4.78 is 6.25. The number of aliphatic imine (C=N–C) groups is 1. The number of anilines is 1. The van der Waals surface area contributed by atoms with Gasteiger partial charge in [0.2, 0.25) is 5.90 Å². The molecule has 0 N–H and O–H groups in total. The number of para-hydroxylation sites is 1. The number of pyridine rings is 1. The van der Waals surface area contributed by atoms with Crippen molar-refractivity contribution in [2.24, 2.45) is 4.99 Å². The third kappa shape index (κ3) is 3.09. The van der Waals surface area contributed by atoms with Crippen LogP contribution >= 0.6 is 0 Å². The van der Waals surface area contributed by atoms with Crippen molar-refractivity contribution in [1.82, 2.24) is 4.98 Å². The molecule has 0 saturated carbocycles. The van der Waals surface area contributed by atoms with E-state index in [0.29, 0.717) is 6.61 Å². The van der Waals surface area contributed by atoms with E-state index in [1.807, 2.05) is 18.3 Å². The molecule has 4 nitrogen and oxygen atoms in total. The highest BCUT2D eigenvalue weighted by Gasteiger charge is 2.69. The second-order valence-corrected chi connectivity index (χ2v) is 8.47. The molecule has 146 valence electrons. The first-order valence-corrected chi connectivity index (χ1v) is 10.1. The van der Waals surface area contributed by atoms with Crippen LogP contribution < -0.4 is 4.90 Å².